The van der Waals surface area contributed by atoms with Crippen molar-refractivity contribution in [3.8, 4) is 0 Å². The second kappa shape index (κ2) is 7.59. The number of aliphatic hydroxyl groups is 1. The van der Waals surface area contributed by atoms with Crippen molar-refractivity contribution >= 4 is 11.9 Å². The highest BCUT2D eigenvalue weighted by Crippen LogP contribution is 2.40. The second-order valence-corrected chi connectivity index (χ2v) is 6.85. The zero-order valence-corrected chi connectivity index (χ0v) is 13.0. The van der Waals surface area contributed by atoms with E-state index < -0.39 is 18.0 Å². The van der Waals surface area contributed by atoms with Crippen LogP contribution in [0.15, 0.2) is 12.2 Å². The average molecular weight is 298 g/mol. The molecule has 2 N–H and O–H groups in total. The molecule has 0 aliphatic heterocycles. The molecular formula is C16H26O5. The molecule has 0 radical (unpaired) electrons. The van der Waals surface area contributed by atoms with Gasteiger partial charge in [-0.15, -0.1) is 0 Å². The maximum Gasteiger partial charge on any atom is 0.331 e. The Hall–Kier alpha value is -1.36. The van der Waals surface area contributed by atoms with Crippen LogP contribution in [-0.4, -0.2) is 34.9 Å². The van der Waals surface area contributed by atoms with Gasteiger partial charge in [-0.3, -0.25) is 0 Å². The van der Waals surface area contributed by atoms with Crippen LogP contribution in [0.5, 0.6) is 0 Å². The third kappa shape index (κ3) is 6.29. The number of rotatable bonds is 5. The number of aliphatic carboxylic acids is 1. The molecule has 0 aromatic carbocycles. The minimum Gasteiger partial charge on any atom is -0.478 e. The zero-order chi connectivity index (χ0) is 16.0. The van der Waals surface area contributed by atoms with Crippen LogP contribution in [0.2, 0.25) is 0 Å². The largest absolute Gasteiger partial charge is 0.478 e. The Labute approximate surface area is 126 Å². The third-order valence-corrected chi connectivity index (χ3v) is 4.30. The summed E-state index contributed by atoms with van der Waals surface area (Å²) < 4.78 is 4.86. The normalized spacial score (nSPS) is 24.8. The molecular weight excluding hydrogens is 272 g/mol. The summed E-state index contributed by atoms with van der Waals surface area (Å²) in [6.07, 6.45) is 4.94. The fraction of sp³-hybridized carbons (Fsp3) is 0.750. The molecule has 0 saturated heterocycles. The highest BCUT2D eigenvalue weighted by atomic mass is 16.5. The molecule has 0 aromatic rings. The van der Waals surface area contributed by atoms with Crippen molar-refractivity contribution in [2.24, 2.45) is 17.3 Å². The van der Waals surface area contributed by atoms with Gasteiger partial charge in [0.15, 0.2) is 0 Å². The lowest BCUT2D eigenvalue weighted by molar-refractivity contribution is -0.142. The van der Waals surface area contributed by atoms with Crippen LogP contribution in [0.3, 0.4) is 0 Å². The van der Waals surface area contributed by atoms with Crippen LogP contribution in [0.25, 0.3) is 0 Å². The van der Waals surface area contributed by atoms with E-state index in [9.17, 15) is 14.7 Å². The lowest BCUT2D eigenvalue weighted by atomic mass is 9.69. The number of hydrogen-bond donors (Lipinski definition) is 2. The minimum absolute atomic E-state index is 0.0758. The van der Waals surface area contributed by atoms with E-state index in [2.05, 4.69) is 20.8 Å². The molecule has 1 aliphatic carbocycles. The maximum absolute atomic E-state index is 11.2. The zero-order valence-electron chi connectivity index (χ0n) is 13.0. The van der Waals surface area contributed by atoms with Crippen LogP contribution in [0.1, 0.15) is 46.5 Å². The van der Waals surface area contributed by atoms with Gasteiger partial charge in [0, 0.05) is 12.2 Å². The minimum atomic E-state index is -1.20. The van der Waals surface area contributed by atoms with E-state index in [0.717, 1.165) is 37.8 Å². The first-order chi connectivity index (χ1) is 9.70. The van der Waals surface area contributed by atoms with Crippen LogP contribution >= 0.6 is 0 Å². The smallest absolute Gasteiger partial charge is 0.331 e. The van der Waals surface area contributed by atoms with Gasteiger partial charge in [0.25, 0.3) is 0 Å². The SMILES string of the molecule is CC(C)(C)C1CCC(C(O)COC(=O)/C=C/C(=O)O)CC1. The second-order valence-electron chi connectivity index (χ2n) is 6.85. The average Bonchev–Trinajstić information content (AvgIpc) is 2.41. The van der Waals surface area contributed by atoms with Crippen molar-refractivity contribution in [3.63, 3.8) is 0 Å². The van der Waals surface area contributed by atoms with E-state index in [-0.39, 0.29) is 12.5 Å². The van der Waals surface area contributed by atoms with Gasteiger partial charge in [-0.1, -0.05) is 20.8 Å². The van der Waals surface area contributed by atoms with E-state index >= 15 is 0 Å². The fourth-order valence-corrected chi connectivity index (χ4v) is 2.86. The van der Waals surface area contributed by atoms with Crippen LogP contribution in [0, 0.1) is 17.3 Å². The van der Waals surface area contributed by atoms with E-state index in [0.29, 0.717) is 11.3 Å². The summed E-state index contributed by atoms with van der Waals surface area (Å²) >= 11 is 0. The Kier molecular flexibility index (Phi) is 6.40. The standard InChI is InChI=1S/C16H26O5/c1-16(2,3)12-6-4-11(5-7-12)13(17)10-21-15(20)9-8-14(18)19/h8-9,11-13,17H,4-7,10H2,1-3H3,(H,18,19)/b9-8+. The predicted molar refractivity (Wildman–Crippen MR) is 78.6 cm³/mol. The first-order valence-electron chi connectivity index (χ1n) is 7.46. The van der Waals surface area contributed by atoms with Gasteiger partial charge in [0.05, 0.1) is 6.10 Å². The van der Waals surface area contributed by atoms with Crippen molar-refractivity contribution in [3.05, 3.63) is 12.2 Å². The molecule has 1 saturated carbocycles. The summed E-state index contributed by atoms with van der Waals surface area (Å²) in [6.45, 7) is 6.65. The lowest BCUT2D eigenvalue weighted by Gasteiger charge is -2.38. The first kappa shape index (κ1) is 17.7. The summed E-state index contributed by atoms with van der Waals surface area (Å²) in [7, 11) is 0. The fourth-order valence-electron chi connectivity index (χ4n) is 2.86. The number of esters is 1. The summed E-state index contributed by atoms with van der Waals surface area (Å²) in [5.41, 5.74) is 0.296. The molecule has 1 rings (SSSR count). The highest BCUT2D eigenvalue weighted by molar-refractivity contribution is 5.90. The predicted octanol–water partition coefficient (Wildman–Crippen LogP) is 2.38. The number of carbonyl (C=O) groups excluding carboxylic acids is 1. The number of ether oxygens (including phenoxy) is 1. The topological polar surface area (TPSA) is 83.8 Å². The molecule has 0 heterocycles. The van der Waals surface area contributed by atoms with E-state index in [4.69, 9.17) is 9.84 Å². The van der Waals surface area contributed by atoms with Crippen LogP contribution in [0.4, 0.5) is 0 Å². The molecule has 5 nitrogen and oxygen atoms in total. The van der Waals surface area contributed by atoms with Crippen LogP contribution < -0.4 is 0 Å². The molecule has 1 aliphatic rings. The molecule has 1 atom stereocenters. The van der Waals surface area contributed by atoms with Crippen molar-refractivity contribution in [1.82, 2.24) is 0 Å². The van der Waals surface area contributed by atoms with Crippen molar-refractivity contribution < 1.29 is 24.5 Å². The molecule has 1 unspecified atom stereocenters. The Morgan fingerprint density at radius 1 is 1.19 bits per heavy atom. The molecule has 0 amide bonds. The molecule has 1 fully saturated rings. The first-order valence-corrected chi connectivity index (χ1v) is 7.46. The van der Waals surface area contributed by atoms with Gasteiger partial charge >= 0.3 is 11.9 Å². The maximum atomic E-state index is 11.2. The Morgan fingerprint density at radius 2 is 1.76 bits per heavy atom. The van der Waals surface area contributed by atoms with Gasteiger partial charge in [-0.25, -0.2) is 9.59 Å². The molecule has 0 bridgehead atoms. The summed E-state index contributed by atoms with van der Waals surface area (Å²) in [5.74, 6) is -1.12. The van der Waals surface area contributed by atoms with Crippen molar-refractivity contribution in [1.29, 1.82) is 0 Å². The molecule has 21 heavy (non-hydrogen) atoms. The summed E-state index contributed by atoms with van der Waals surface area (Å²) in [6, 6.07) is 0. The van der Waals surface area contributed by atoms with Gasteiger partial charge in [0.1, 0.15) is 6.61 Å². The van der Waals surface area contributed by atoms with E-state index in [1.807, 2.05) is 0 Å². The summed E-state index contributed by atoms with van der Waals surface area (Å²) in [4.78, 5) is 21.5. The number of carboxylic acids is 1. The lowest BCUT2D eigenvalue weighted by Crippen LogP contribution is -2.33. The van der Waals surface area contributed by atoms with Gasteiger partial charge in [0.2, 0.25) is 0 Å². The number of aliphatic hydroxyl groups excluding tert-OH is 1. The van der Waals surface area contributed by atoms with Gasteiger partial charge < -0.3 is 14.9 Å². The monoisotopic (exact) mass is 298 g/mol. The number of carbonyl (C=O) groups is 2. The Bertz CT molecular complexity index is 386. The van der Waals surface area contributed by atoms with Gasteiger partial charge in [-0.05, 0) is 42.9 Å². The van der Waals surface area contributed by atoms with Gasteiger partial charge in [-0.2, -0.15) is 0 Å². The molecule has 0 spiro atoms. The Morgan fingerprint density at radius 3 is 2.24 bits per heavy atom. The molecule has 0 aromatic heterocycles. The third-order valence-electron chi connectivity index (χ3n) is 4.30. The van der Waals surface area contributed by atoms with E-state index in [1.165, 1.54) is 0 Å². The van der Waals surface area contributed by atoms with Crippen LogP contribution in [-0.2, 0) is 14.3 Å². The summed E-state index contributed by atoms with van der Waals surface area (Å²) in [5, 5.41) is 18.5. The van der Waals surface area contributed by atoms with Crippen molar-refractivity contribution in [2.45, 2.75) is 52.6 Å². The number of carboxylic acid groups (broad SMARTS) is 1. The quantitative estimate of drug-likeness (QED) is 0.601. The molecule has 5 heteroatoms. The van der Waals surface area contributed by atoms with E-state index in [1.54, 1.807) is 0 Å². The highest BCUT2D eigenvalue weighted by Gasteiger charge is 2.32. The Balaban J connectivity index is 2.33. The number of hydrogen-bond acceptors (Lipinski definition) is 4. The molecule has 120 valence electrons. The van der Waals surface area contributed by atoms with Crippen molar-refractivity contribution in [2.75, 3.05) is 6.61 Å².